The summed E-state index contributed by atoms with van der Waals surface area (Å²) < 4.78 is 0. The van der Waals surface area contributed by atoms with Gasteiger partial charge >= 0.3 is 0 Å². The van der Waals surface area contributed by atoms with Crippen LogP contribution in [0.5, 0.6) is 0 Å². The fourth-order valence-corrected chi connectivity index (χ4v) is 5.30. The van der Waals surface area contributed by atoms with E-state index in [1.165, 1.54) is 6.07 Å². The topological polar surface area (TPSA) is 84.3 Å². The SMILES string of the molecule is O=C(NCCc1ccccc1)c1cccc2c1NC(c1cc([N+](=O)[O-])ccc1Cl)C1CC=CC21. The van der Waals surface area contributed by atoms with Crippen LogP contribution in [0.4, 0.5) is 11.4 Å². The average Bonchev–Trinajstić information content (AvgIpc) is 3.34. The third-order valence-corrected chi connectivity index (χ3v) is 7.05. The van der Waals surface area contributed by atoms with Crippen molar-refractivity contribution < 1.29 is 9.72 Å². The molecule has 1 heterocycles. The van der Waals surface area contributed by atoms with Gasteiger partial charge in [-0.1, -0.05) is 66.2 Å². The number of nitrogens with one attached hydrogen (secondary N) is 2. The highest BCUT2D eigenvalue weighted by Crippen LogP contribution is 2.51. The molecule has 2 aliphatic rings. The maximum absolute atomic E-state index is 13.2. The lowest BCUT2D eigenvalue weighted by Crippen LogP contribution is -2.32. The number of allylic oxidation sites excluding steroid dienone is 2. The minimum absolute atomic E-state index is 0.00134. The predicted molar refractivity (Wildman–Crippen MR) is 133 cm³/mol. The van der Waals surface area contributed by atoms with Gasteiger partial charge in [0.1, 0.15) is 0 Å². The zero-order chi connectivity index (χ0) is 23.7. The Bertz CT molecular complexity index is 1280. The number of nitro groups is 1. The van der Waals surface area contributed by atoms with Crippen molar-refractivity contribution in [3.05, 3.63) is 116 Å². The van der Waals surface area contributed by atoms with Crippen LogP contribution >= 0.6 is 11.6 Å². The lowest BCUT2D eigenvalue weighted by molar-refractivity contribution is -0.384. The molecule has 34 heavy (non-hydrogen) atoms. The first kappa shape index (κ1) is 22.2. The van der Waals surface area contributed by atoms with E-state index in [0.717, 1.165) is 29.7 Å². The van der Waals surface area contributed by atoms with Crippen LogP contribution in [0.15, 0.2) is 78.9 Å². The van der Waals surface area contributed by atoms with Gasteiger partial charge in [0.05, 0.1) is 22.2 Å². The number of amides is 1. The van der Waals surface area contributed by atoms with Crippen molar-refractivity contribution in [3.63, 3.8) is 0 Å². The van der Waals surface area contributed by atoms with E-state index in [1.54, 1.807) is 12.1 Å². The Hall–Kier alpha value is -3.64. The van der Waals surface area contributed by atoms with Crippen molar-refractivity contribution in [3.8, 4) is 0 Å². The monoisotopic (exact) mass is 473 g/mol. The highest BCUT2D eigenvalue weighted by molar-refractivity contribution is 6.31. The maximum atomic E-state index is 13.2. The number of non-ortho nitro benzene ring substituents is 1. The van der Waals surface area contributed by atoms with Gasteiger partial charge in [0.25, 0.3) is 11.6 Å². The van der Waals surface area contributed by atoms with E-state index < -0.39 is 4.92 Å². The first-order chi connectivity index (χ1) is 16.5. The molecule has 7 heteroatoms. The molecule has 3 atom stereocenters. The minimum atomic E-state index is -0.410. The van der Waals surface area contributed by atoms with Gasteiger partial charge in [-0.2, -0.15) is 0 Å². The third kappa shape index (κ3) is 4.17. The number of halogens is 1. The number of nitrogens with zero attached hydrogens (tertiary/aromatic N) is 1. The molecule has 3 aromatic rings. The molecule has 0 aromatic heterocycles. The predicted octanol–water partition coefficient (Wildman–Crippen LogP) is 6.05. The lowest BCUT2D eigenvalue weighted by Gasteiger charge is -2.38. The molecule has 0 saturated heterocycles. The summed E-state index contributed by atoms with van der Waals surface area (Å²) in [5, 5.41) is 18.4. The molecule has 3 aromatic carbocycles. The van der Waals surface area contributed by atoms with E-state index in [2.05, 4.69) is 22.8 Å². The molecule has 0 fully saturated rings. The average molecular weight is 474 g/mol. The second-order valence-corrected chi connectivity index (χ2v) is 9.11. The van der Waals surface area contributed by atoms with Crippen molar-refractivity contribution in [2.75, 3.05) is 11.9 Å². The quantitative estimate of drug-likeness (QED) is 0.259. The molecule has 0 bridgehead atoms. The first-order valence-corrected chi connectivity index (χ1v) is 11.7. The van der Waals surface area contributed by atoms with Crippen LogP contribution in [0.2, 0.25) is 5.02 Å². The van der Waals surface area contributed by atoms with Gasteiger partial charge in [0.2, 0.25) is 0 Å². The van der Waals surface area contributed by atoms with E-state index in [1.807, 2.05) is 48.5 Å². The summed E-state index contributed by atoms with van der Waals surface area (Å²) in [5.74, 6) is 0.113. The van der Waals surface area contributed by atoms with Gasteiger partial charge < -0.3 is 10.6 Å². The molecule has 0 saturated carbocycles. The summed E-state index contributed by atoms with van der Waals surface area (Å²) in [6.45, 7) is 0.526. The van der Waals surface area contributed by atoms with Gasteiger partial charge in [0, 0.05) is 35.2 Å². The lowest BCUT2D eigenvalue weighted by atomic mass is 9.76. The normalized spacial score (nSPS) is 20.2. The van der Waals surface area contributed by atoms with Crippen LogP contribution < -0.4 is 10.6 Å². The second-order valence-electron chi connectivity index (χ2n) is 8.70. The Morgan fingerprint density at radius 2 is 1.91 bits per heavy atom. The summed E-state index contributed by atoms with van der Waals surface area (Å²) in [4.78, 5) is 24.2. The molecule has 6 nitrogen and oxygen atoms in total. The van der Waals surface area contributed by atoms with Crippen molar-refractivity contribution in [1.29, 1.82) is 0 Å². The molecular weight excluding hydrogens is 450 g/mol. The Balaban J connectivity index is 1.45. The van der Waals surface area contributed by atoms with Crippen LogP contribution in [0, 0.1) is 16.0 Å². The number of rotatable bonds is 6. The number of hydrogen-bond donors (Lipinski definition) is 2. The van der Waals surface area contributed by atoms with E-state index in [9.17, 15) is 14.9 Å². The first-order valence-electron chi connectivity index (χ1n) is 11.3. The molecule has 0 radical (unpaired) electrons. The molecule has 0 spiro atoms. The van der Waals surface area contributed by atoms with Crippen LogP contribution in [-0.2, 0) is 6.42 Å². The molecule has 5 rings (SSSR count). The number of carbonyl (C=O) groups is 1. The van der Waals surface area contributed by atoms with E-state index in [-0.39, 0.29) is 29.5 Å². The number of benzene rings is 3. The number of fused-ring (bicyclic) bond motifs is 3. The maximum Gasteiger partial charge on any atom is 0.269 e. The van der Waals surface area contributed by atoms with E-state index >= 15 is 0 Å². The fourth-order valence-electron chi connectivity index (χ4n) is 5.06. The highest BCUT2D eigenvalue weighted by Gasteiger charge is 2.40. The smallest absolute Gasteiger partial charge is 0.269 e. The largest absolute Gasteiger partial charge is 0.377 e. The highest BCUT2D eigenvalue weighted by atomic mass is 35.5. The zero-order valence-electron chi connectivity index (χ0n) is 18.4. The summed E-state index contributed by atoms with van der Waals surface area (Å²) in [5.41, 5.74) is 4.24. The van der Waals surface area contributed by atoms with Crippen LogP contribution in [0.1, 0.15) is 45.4 Å². The van der Waals surface area contributed by atoms with Crippen molar-refractivity contribution >= 4 is 28.9 Å². The summed E-state index contributed by atoms with van der Waals surface area (Å²) >= 11 is 6.52. The van der Waals surface area contributed by atoms with Crippen LogP contribution in [0.25, 0.3) is 0 Å². The summed E-state index contributed by atoms with van der Waals surface area (Å²) in [7, 11) is 0. The van der Waals surface area contributed by atoms with Crippen LogP contribution in [0.3, 0.4) is 0 Å². The number of anilines is 1. The number of carbonyl (C=O) groups excluding carboxylic acids is 1. The van der Waals surface area contributed by atoms with Gasteiger partial charge in [0.15, 0.2) is 0 Å². The number of para-hydroxylation sites is 1. The van der Waals surface area contributed by atoms with Crippen molar-refractivity contribution in [2.45, 2.75) is 24.8 Å². The van der Waals surface area contributed by atoms with E-state index in [4.69, 9.17) is 11.6 Å². The Morgan fingerprint density at radius 3 is 2.71 bits per heavy atom. The third-order valence-electron chi connectivity index (χ3n) is 6.71. The fraction of sp³-hybridized carbons (Fsp3) is 0.222. The second kappa shape index (κ2) is 9.31. The minimum Gasteiger partial charge on any atom is -0.377 e. The molecule has 2 N–H and O–H groups in total. The van der Waals surface area contributed by atoms with Gasteiger partial charge in [-0.25, -0.2) is 0 Å². The van der Waals surface area contributed by atoms with Gasteiger partial charge in [-0.15, -0.1) is 0 Å². The molecular formula is C27H24ClN3O3. The molecule has 172 valence electrons. The Kier molecular flexibility index (Phi) is 6.07. The Labute approximate surface area is 202 Å². The molecule has 1 amide bonds. The zero-order valence-corrected chi connectivity index (χ0v) is 19.2. The molecule has 1 aliphatic heterocycles. The van der Waals surface area contributed by atoms with Crippen molar-refractivity contribution in [2.24, 2.45) is 5.92 Å². The summed E-state index contributed by atoms with van der Waals surface area (Å²) in [6.07, 6.45) is 5.87. The Morgan fingerprint density at radius 1 is 1.09 bits per heavy atom. The number of hydrogen-bond acceptors (Lipinski definition) is 4. The standard InChI is InChI=1S/C27H24ClN3O3/c28-24-13-12-18(31(33)34)16-23(24)26-21-9-4-8-19(21)20-10-5-11-22(25(20)30-26)27(32)29-15-14-17-6-2-1-3-7-17/h1-8,10-13,16,19,21,26,30H,9,14-15H2,(H,29,32). The van der Waals surface area contributed by atoms with E-state index in [0.29, 0.717) is 22.7 Å². The molecule has 1 aliphatic carbocycles. The number of nitro benzene ring substituents is 1. The van der Waals surface area contributed by atoms with Gasteiger partial charge in [-0.3, -0.25) is 14.9 Å². The van der Waals surface area contributed by atoms with Crippen molar-refractivity contribution in [1.82, 2.24) is 5.32 Å². The molecule has 3 unspecified atom stereocenters. The van der Waals surface area contributed by atoms with Gasteiger partial charge in [-0.05, 0) is 42.0 Å². The van der Waals surface area contributed by atoms with Crippen LogP contribution in [-0.4, -0.2) is 17.4 Å². The summed E-state index contributed by atoms with van der Waals surface area (Å²) in [6, 6.07) is 20.1.